The van der Waals surface area contributed by atoms with Gasteiger partial charge in [0.25, 0.3) is 0 Å². The normalized spacial score (nSPS) is 18.0. The summed E-state index contributed by atoms with van der Waals surface area (Å²) in [5, 5.41) is 0. The molecule has 0 aromatic carbocycles. The molecule has 0 fully saturated rings. The molecular weight excluding hydrogens is 168 g/mol. The minimum atomic E-state index is 0.453. The van der Waals surface area contributed by atoms with Crippen LogP contribution in [0.25, 0.3) is 0 Å². The molecular formula is C14H30. The van der Waals surface area contributed by atoms with E-state index in [1.807, 2.05) is 0 Å². The van der Waals surface area contributed by atoms with E-state index in [0.29, 0.717) is 10.8 Å². The van der Waals surface area contributed by atoms with Gasteiger partial charge in [0.2, 0.25) is 0 Å². The summed E-state index contributed by atoms with van der Waals surface area (Å²) in [6, 6.07) is 0. The molecule has 86 valence electrons. The van der Waals surface area contributed by atoms with Crippen molar-refractivity contribution < 1.29 is 0 Å². The van der Waals surface area contributed by atoms with E-state index in [1.165, 1.54) is 12.8 Å². The Labute approximate surface area is 91.5 Å². The molecule has 0 nitrogen and oxygen atoms in total. The van der Waals surface area contributed by atoms with Crippen molar-refractivity contribution in [2.24, 2.45) is 22.7 Å². The van der Waals surface area contributed by atoms with Gasteiger partial charge < -0.3 is 0 Å². The van der Waals surface area contributed by atoms with Crippen molar-refractivity contribution in [1.82, 2.24) is 0 Å². The maximum absolute atomic E-state index is 2.43. The molecule has 0 bridgehead atoms. The van der Waals surface area contributed by atoms with Crippen molar-refractivity contribution in [3.8, 4) is 0 Å². The van der Waals surface area contributed by atoms with E-state index < -0.39 is 0 Å². The zero-order valence-electron chi connectivity index (χ0n) is 11.6. The van der Waals surface area contributed by atoms with Gasteiger partial charge in [-0.3, -0.25) is 0 Å². The zero-order valence-corrected chi connectivity index (χ0v) is 11.6. The van der Waals surface area contributed by atoms with Gasteiger partial charge in [-0.05, 0) is 22.7 Å². The molecule has 0 saturated heterocycles. The highest BCUT2D eigenvalue weighted by Crippen LogP contribution is 2.47. The van der Waals surface area contributed by atoms with Crippen molar-refractivity contribution in [1.29, 1.82) is 0 Å². The molecule has 0 heterocycles. The van der Waals surface area contributed by atoms with Gasteiger partial charge in [0.1, 0.15) is 0 Å². The Kier molecular flexibility index (Phi) is 4.68. The fourth-order valence-electron chi connectivity index (χ4n) is 2.27. The van der Waals surface area contributed by atoms with Crippen LogP contribution in [0.1, 0.15) is 68.2 Å². The van der Waals surface area contributed by atoms with Gasteiger partial charge in [-0.2, -0.15) is 0 Å². The van der Waals surface area contributed by atoms with Crippen LogP contribution >= 0.6 is 0 Å². The Balaban J connectivity index is 4.73. The van der Waals surface area contributed by atoms with E-state index in [0.717, 1.165) is 11.8 Å². The van der Waals surface area contributed by atoms with E-state index in [9.17, 15) is 0 Å². The molecule has 0 aliphatic carbocycles. The van der Waals surface area contributed by atoms with Gasteiger partial charge in [-0.25, -0.2) is 0 Å². The third-order valence-electron chi connectivity index (χ3n) is 5.08. The fourth-order valence-corrected chi connectivity index (χ4v) is 2.27. The monoisotopic (exact) mass is 198 g/mol. The second kappa shape index (κ2) is 4.68. The van der Waals surface area contributed by atoms with E-state index in [4.69, 9.17) is 0 Å². The van der Waals surface area contributed by atoms with Crippen molar-refractivity contribution in [2.75, 3.05) is 0 Å². The summed E-state index contributed by atoms with van der Waals surface area (Å²) in [5.41, 5.74) is 0.918. The van der Waals surface area contributed by atoms with Crippen LogP contribution in [0.2, 0.25) is 0 Å². The molecule has 0 rings (SSSR count). The van der Waals surface area contributed by atoms with Crippen LogP contribution in [-0.2, 0) is 0 Å². The zero-order chi connectivity index (χ0) is 11.6. The topological polar surface area (TPSA) is 0 Å². The van der Waals surface area contributed by atoms with Gasteiger partial charge in [0.05, 0.1) is 0 Å². The lowest BCUT2D eigenvalue weighted by Gasteiger charge is -2.45. The average molecular weight is 198 g/mol. The Morgan fingerprint density at radius 3 is 1.64 bits per heavy atom. The summed E-state index contributed by atoms with van der Waals surface area (Å²) < 4.78 is 0. The minimum absolute atomic E-state index is 0.453. The van der Waals surface area contributed by atoms with E-state index in [2.05, 4.69) is 55.4 Å². The molecule has 0 heteroatoms. The number of hydrogen-bond donors (Lipinski definition) is 0. The third kappa shape index (κ3) is 2.74. The van der Waals surface area contributed by atoms with Gasteiger partial charge in [-0.15, -0.1) is 0 Å². The summed E-state index contributed by atoms with van der Waals surface area (Å²) in [4.78, 5) is 0. The number of hydrogen-bond acceptors (Lipinski definition) is 0. The standard InChI is InChI=1S/C14H30/c1-9-11(3)14(7,8)12(4)13(5,6)10-2/h11-12H,9-10H2,1-8H3. The van der Waals surface area contributed by atoms with Crippen LogP contribution in [0.15, 0.2) is 0 Å². The second-order valence-corrected chi connectivity index (χ2v) is 6.19. The molecule has 2 unspecified atom stereocenters. The summed E-state index contributed by atoms with van der Waals surface area (Å²) in [5.74, 6) is 1.58. The van der Waals surface area contributed by atoms with Gasteiger partial charge >= 0.3 is 0 Å². The lowest BCUT2D eigenvalue weighted by atomic mass is 9.60. The molecule has 0 radical (unpaired) electrons. The van der Waals surface area contributed by atoms with Crippen molar-refractivity contribution in [2.45, 2.75) is 68.2 Å². The second-order valence-electron chi connectivity index (χ2n) is 6.19. The molecule has 0 spiro atoms. The highest BCUT2D eigenvalue weighted by Gasteiger charge is 2.38. The van der Waals surface area contributed by atoms with Gasteiger partial charge in [-0.1, -0.05) is 68.2 Å². The molecule has 0 aliphatic rings. The Morgan fingerprint density at radius 2 is 1.36 bits per heavy atom. The average Bonchev–Trinajstić information content (AvgIpc) is 2.15. The van der Waals surface area contributed by atoms with E-state index >= 15 is 0 Å². The minimum Gasteiger partial charge on any atom is -0.0651 e. The first-order valence-electron chi connectivity index (χ1n) is 6.20. The first-order chi connectivity index (χ1) is 6.20. The van der Waals surface area contributed by atoms with E-state index in [-0.39, 0.29) is 0 Å². The fraction of sp³-hybridized carbons (Fsp3) is 1.00. The summed E-state index contributed by atoms with van der Waals surface area (Å²) in [6.45, 7) is 19.1. The predicted molar refractivity (Wildman–Crippen MR) is 66.5 cm³/mol. The van der Waals surface area contributed by atoms with Crippen molar-refractivity contribution in [3.63, 3.8) is 0 Å². The van der Waals surface area contributed by atoms with Gasteiger partial charge in [0.15, 0.2) is 0 Å². The first kappa shape index (κ1) is 14.0. The molecule has 2 atom stereocenters. The van der Waals surface area contributed by atoms with Gasteiger partial charge in [0, 0.05) is 0 Å². The quantitative estimate of drug-likeness (QED) is 0.574. The molecule has 0 aliphatic heterocycles. The third-order valence-corrected chi connectivity index (χ3v) is 5.08. The van der Waals surface area contributed by atoms with Crippen LogP contribution in [0.3, 0.4) is 0 Å². The highest BCUT2D eigenvalue weighted by atomic mass is 14.4. The molecule has 0 N–H and O–H groups in total. The highest BCUT2D eigenvalue weighted by molar-refractivity contribution is 4.88. The summed E-state index contributed by atoms with van der Waals surface area (Å²) >= 11 is 0. The summed E-state index contributed by atoms with van der Waals surface area (Å²) in [7, 11) is 0. The Morgan fingerprint density at radius 1 is 0.929 bits per heavy atom. The Bertz CT molecular complexity index is 165. The first-order valence-corrected chi connectivity index (χ1v) is 6.20. The maximum atomic E-state index is 2.43. The Hall–Kier alpha value is 0. The summed E-state index contributed by atoms with van der Waals surface area (Å²) in [6.07, 6.45) is 2.56. The molecule has 14 heavy (non-hydrogen) atoms. The van der Waals surface area contributed by atoms with Crippen molar-refractivity contribution in [3.05, 3.63) is 0 Å². The number of rotatable bonds is 5. The lowest BCUT2D eigenvalue weighted by Crippen LogP contribution is -2.38. The largest absolute Gasteiger partial charge is 0.0651 e. The van der Waals surface area contributed by atoms with E-state index in [1.54, 1.807) is 0 Å². The predicted octanol–water partition coefficient (Wildman–Crippen LogP) is 5.13. The molecule has 0 aromatic heterocycles. The van der Waals surface area contributed by atoms with Crippen LogP contribution in [-0.4, -0.2) is 0 Å². The smallest absolute Gasteiger partial charge is 0.0298 e. The maximum Gasteiger partial charge on any atom is -0.0298 e. The van der Waals surface area contributed by atoms with Crippen LogP contribution < -0.4 is 0 Å². The van der Waals surface area contributed by atoms with Crippen LogP contribution in [0, 0.1) is 22.7 Å². The molecule has 0 saturated carbocycles. The van der Waals surface area contributed by atoms with Crippen molar-refractivity contribution >= 4 is 0 Å². The van der Waals surface area contributed by atoms with Crippen LogP contribution in [0.5, 0.6) is 0 Å². The van der Waals surface area contributed by atoms with Crippen LogP contribution in [0.4, 0.5) is 0 Å². The SMILES string of the molecule is CCC(C)C(C)(C)C(C)C(C)(C)CC. The lowest BCUT2D eigenvalue weighted by molar-refractivity contribution is 0.0374. The molecule has 0 aromatic rings. The molecule has 0 amide bonds.